The van der Waals surface area contributed by atoms with E-state index in [9.17, 15) is 26.4 Å². The van der Waals surface area contributed by atoms with Crippen molar-refractivity contribution in [1.82, 2.24) is 0 Å². The molecule has 0 spiro atoms. The molecule has 0 heterocycles. The molecular formula is C19H19Cl2F3N2O3S. The van der Waals surface area contributed by atoms with E-state index in [2.05, 4.69) is 5.32 Å². The second-order valence-electron chi connectivity index (χ2n) is 6.61. The minimum Gasteiger partial charge on any atom is -0.325 e. The second kappa shape index (κ2) is 9.45. The van der Waals surface area contributed by atoms with E-state index in [4.69, 9.17) is 23.2 Å². The van der Waals surface area contributed by atoms with Gasteiger partial charge in [0.15, 0.2) is 0 Å². The summed E-state index contributed by atoms with van der Waals surface area (Å²) in [5, 5.41) is 2.66. The molecule has 0 saturated carbocycles. The molecule has 2 aromatic carbocycles. The monoisotopic (exact) mass is 482 g/mol. The Morgan fingerprint density at radius 3 is 2.40 bits per heavy atom. The van der Waals surface area contributed by atoms with Crippen LogP contribution in [0.3, 0.4) is 0 Å². The Bertz CT molecular complexity index is 1040. The number of carbonyl (C=O) groups is 1. The third-order valence-corrected chi connectivity index (χ3v) is 5.92. The zero-order chi connectivity index (χ0) is 22.7. The van der Waals surface area contributed by atoms with Crippen LogP contribution in [0.5, 0.6) is 0 Å². The minimum atomic E-state index is -4.57. The molecule has 0 radical (unpaired) electrons. The highest BCUT2D eigenvalue weighted by Crippen LogP contribution is 2.34. The fourth-order valence-electron chi connectivity index (χ4n) is 2.71. The molecule has 0 unspecified atom stereocenters. The van der Waals surface area contributed by atoms with Crippen LogP contribution in [-0.4, -0.2) is 27.1 Å². The lowest BCUT2D eigenvalue weighted by molar-refractivity contribution is -0.137. The van der Waals surface area contributed by atoms with Crippen molar-refractivity contribution in [2.24, 2.45) is 0 Å². The highest BCUT2D eigenvalue weighted by atomic mass is 35.5. The molecule has 0 atom stereocenters. The molecular weight excluding hydrogens is 464 g/mol. The zero-order valence-electron chi connectivity index (χ0n) is 16.1. The van der Waals surface area contributed by atoms with Gasteiger partial charge in [-0.05, 0) is 49.2 Å². The van der Waals surface area contributed by atoms with Gasteiger partial charge in [-0.15, -0.1) is 0 Å². The molecule has 0 saturated heterocycles. The number of nitrogens with zero attached hydrogens (tertiary/aromatic N) is 1. The number of halogens is 5. The maximum atomic E-state index is 12.8. The number of carbonyl (C=O) groups excluding carboxylic acids is 1. The number of anilines is 2. The largest absolute Gasteiger partial charge is 0.416 e. The number of alkyl halides is 3. The van der Waals surface area contributed by atoms with Crippen molar-refractivity contribution in [2.75, 3.05) is 22.4 Å². The Kier molecular flexibility index (Phi) is 7.65. The molecule has 0 bridgehead atoms. The predicted octanol–water partition coefficient (Wildman–Crippen LogP) is 5.51. The number of hydrogen-bond donors (Lipinski definition) is 1. The van der Waals surface area contributed by atoms with Gasteiger partial charge in [0.05, 0.1) is 28.2 Å². The van der Waals surface area contributed by atoms with Gasteiger partial charge in [-0.2, -0.15) is 13.2 Å². The van der Waals surface area contributed by atoms with Crippen molar-refractivity contribution in [3.63, 3.8) is 0 Å². The average molecular weight is 483 g/mol. The van der Waals surface area contributed by atoms with Crippen LogP contribution in [0.25, 0.3) is 0 Å². The molecule has 0 aromatic heterocycles. The number of hydrogen-bond acceptors (Lipinski definition) is 3. The summed E-state index contributed by atoms with van der Waals surface area (Å²) in [6, 6.07) is 7.44. The standard InChI is InChI=1S/C19H19Cl2F3N2O3S/c1-12-5-7-14(20)11-17(12)26(30(2,28)29)9-3-4-18(27)25-16-10-13(19(22,23)24)6-8-15(16)21/h5-8,10-11H,3-4,9H2,1-2H3,(H,25,27). The van der Waals surface area contributed by atoms with Gasteiger partial charge in [-0.1, -0.05) is 29.3 Å². The van der Waals surface area contributed by atoms with Crippen LogP contribution < -0.4 is 9.62 Å². The molecule has 0 aliphatic carbocycles. The Hall–Kier alpha value is -1.97. The van der Waals surface area contributed by atoms with Gasteiger partial charge in [0.2, 0.25) is 15.9 Å². The molecule has 1 amide bonds. The first kappa shape index (κ1) is 24.3. The summed E-state index contributed by atoms with van der Waals surface area (Å²) in [7, 11) is -3.65. The van der Waals surface area contributed by atoms with Crippen molar-refractivity contribution in [2.45, 2.75) is 25.9 Å². The number of benzene rings is 2. The van der Waals surface area contributed by atoms with E-state index in [1.54, 1.807) is 19.1 Å². The summed E-state index contributed by atoms with van der Waals surface area (Å²) in [5.74, 6) is -0.590. The van der Waals surface area contributed by atoms with Crippen LogP contribution in [0.4, 0.5) is 24.5 Å². The third kappa shape index (κ3) is 6.52. The number of rotatable bonds is 7. The van der Waals surface area contributed by atoms with Gasteiger partial charge in [-0.25, -0.2) is 8.42 Å². The molecule has 0 aliphatic rings. The molecule has 2 aromatic rings. The normalized spacial score (nSPS) is 12.0. The summed E-state index contributed by atoms with van der Waals surface area (Å²) >= 11 is 11.8. The fraction of sp³-hybridized carbons (Fsp3) is 0.316. The molecule has 2 rings (SSSR count). The zero-order valence-corrected chi connectivity index (χ0v) is 18.4. The Morgan fingerprint density at radius 2 is 1.80 bits per heavy atom. The van der Waals surface area contributed by atoms with Crippen molar-refractivity contribution < 1.29 is 26.4 Å². The van der Waals surface area contributed by atoms with E-state index in [0.717, 1.165) is 28.8 Å². The lowest BCUT2D eigenvalue weighted by Crippen LogP contribution is -2.32. The summed E-state index contributed by atoms with van der Waals surface area (Å²) in [5.41, 5.74) is -0.0274. The topological polar surface area (TPSA) is 66.5 Å². The van der Waals surface area contributed by atoms with Crippen molar-refractivity contribution >= 4 is 50.5 Å². The first-order valence-electron chi connectivity index (χ1n) is 8.69. The van der Waals surface area contributed by atoms with Crippen molar-refractivity contribution in [3.8, 4) is 0 Å². The van der Waals surface area contributed by atoms with E-state index >= 15 is 0 Å². The van der Waals surface area contributed by atoms with E-state index < -0.39 is 27.7 Å². The van der Waals surface area contributed by atoms with Gasteiger partial charge in [0.25, 0.3) is 0 Å². The van der Waals surface area contributed by atoms with Gasteiger partial charge in [0, 0.05) is 18.0 Å². The van der Waals surface area contributed by atoms with E-state index in [1.165, 1.54) is 6.07 Å². The van der Waals surface area contributed by atoms with E-state index in [1.807, 2.05) is 0 Å². The number of amides is 1. The van der Waals surface area contributed by atoms with E-state index in [0.29, 0.717) is 16.3 Å². The van der Waals surface area contributed by atoms with Crippen molar-refractivity contribution in [3.05, 3.63) is 57.6 Å². The highest BCUT2D eigenvalue weighted by molar-refractivity contribution is 7.92. The van der Waals surface area contributed by atoms with Crippen LogP contribution in [0.1, 0.15) is 24.0 Å². The number of nitrogens with one attached hydrogen (secondary N) is 1. The van der Waals surface area contributed by atoms with Crippen molar-refractivity contribution in [1.29, 1.82) is 0 Å². The van der Waals surface area contributed by atoms with Gasteiger partial charge in [0.1, 0.15) is 0 Å². The van der Waals surface area contributed by atoms with Crippen LogP contribution >= 0.6 is 23.2 Å². The first-order valence-corrected chi connectivity index (χ1v) is 11.3. The quantitative estimate of drug-likeness (QED) is 0.565. The fourth-order valence-corrected chi connectivity index (χ4v) is 4.06. The van der Waals surface area contributed by atoms with Crippen LogP contribution in [-0.2, 0) is 21.0 Å². The first-order chi connectivity index (χ1) is 13.8. The Morgan fingerprint density at radius 1 is 1.13 bits per heavy atom. The van der Waals surface area contributed by atoms with Crippen LogP contribution in [0.15, 0.2) is 36.4 Å². The minimum absolute atomic E-state index is 0.0102. The number of sulfonamides is 1. The molecule has 1 N–H and O–H groups in total. The maximum absolute atomic E-state index is 12.8. The van der Waals surface area contributed by atoms with Gasteiger partial charge < -0.3 is 5.32 Å². The number of aryl methyl sites for hydroxylation is 1. The molecule has 30 heavy (non-hydrogen) atoms. The van der Waals surface area contributed by atoms with Crippen LogP contribution in [0.2, 0.25) is 10.0 Å². The van der Waals surface area contributed by atoms with E-state index in [-0.39, 0.29) is 30.1 Å². The van der Waals surface area contributed by atoms with Gasteiger partial charge in [-0.3, -0.25) is 9.10 Å². The highest BCUT2D eigenvalue weighted by Gasteiger charge is 2.31. The molecule has 164 valence electrons. The summed E-state index contributed by atoms with van der Waals surface area (Å²) in [4.78, 5) is 12.2. The Balaban J connectivity index is 2.08. The Labute approximate surface area is 182 Å². The molecule has 11 heteroatoms. The van der Waals surface area contributed by atoms with Crippen LogP contribution in [0, 0.1) is 6.92 Å². The SMILES string of the molecule is Cc1ccc(Cl)cc1N(CCCC(=O)Nc1cc(C(F)(F)F)ccc1Cl)S(C)(=O)=O. The lowest BCUT2D eigenvalue weighted by Gasteiger charge is -2.24. The summed E-state index contributed by atoms with van der Waals surface area (Å²) in [6.07, 6.45) is -3.54. The van der Waals surface area contributed by atoms with Gasteiger partial charge >= 0.3 is 6.18 Å². The summed E-state index contributed by atoms with van der Waals surface area (Å²) < 4.78 is 64.0. The average Bonchev–Trinajstić information content (AvgIpc) is 2.61. The third-order valence-electron chi connectivity index (χ3n) is 4.17. The maximum Gasteiger partial charge on any atom is 0.416 e. The lowest BCUT2D eigenvalue weighted by atomic mass is 10.2. The predicted molar refractivity (Wildman–Crippen MR) is 113 cm³/mol. The molecule has 5 nitrogen and oxygen atoms in total. The summed E-state index contributed by atoms with van der Waals surface area (Å²) in [6.45, 7) is 1.72. The molecule has 0 fully saturated rings. The second-order valence-corrected chi connectivity index (χ2v) is 9.36. The molecule has 0 aliphatic heterocycles. The smallest absolute Gasteiger partial charge is 0.325 e.